The molecule has 2 bridgehead atoms. The number of carbonyl (C=O) groups excluding carboxylic acids is 1. The zero-order chi connectivity index (χ0) is 15.8. The number of hydrogen-bond acceptors (Lipinski definition) is 5. The van der Waals surface area contributed by atoms with Gasteiger partial charge in [0.1, 0.15) is 5.75 Å². The number of nitrogens with zero attached hydrogens (tertiary/aromatic N) is 2. The van der Waals surface area contributed by atoms with Gasteiger partial charge in [0, 0.05) is 11.6 Å². The van der Waals surface area contributed by atoms with Gasteiger partial charge in [0.15, 0.2) is 11.5 Å². The second kappa shape index (κ2) is 5.70. The fourth-order valence-corrected chi connectivity index (χ4v) is 3.23. The summed E-state index contributed by atoms with van der Waals surface area (Å²) in [4.78, 5) is 18.3. The number of aromatic nitrogens is 1. The highest BCUT2D eigenvalue weighted by molar-refractivity contribution is 5.92. The van der Waals surface area contributed by atoms with Crippen molar-refractivity contribution >= 4 is 5.91 Å². The number of carbonyl (C=O) groups is 1. The molecule has 1 saturated carbocycles. The van der Waals surface area contributed by atoms with E-state index in [1.807, 2.05) is 24.3 Å². The van der Waals surface area contributed by atoms with Gasteiger partial charge in [0.05, 0.1) is 19.3 Å². The number of hydrogen-bond donors (Lipinski definition) is 0. The van der Waals surface area contributed by atoms with Crippen molar-refractivity contribution in [1.82, 2.24) is 10.2 Å². The molecule has 120 valence electrons. The first-order valence-corrected chi connectivity index (χ1v) is 7.86. The third-order valence-corrected chi connectivity index (χ3v) is 4.54. The number of ether oxygens (including phenoxy) is 1. The Kier molecular flexibility index (Phi) is 3.53. The molecular weight excluding hydrogens is 296 g/mol. The van der Waals surface area contributed by atoms with E-state index < -0.39 is 0 Å². The molecule has 0 N–H and O–H groups in total. The van der Waals surface area contributed by atoms with Gasteiger partial charge >= 0.3 is 0 Å². The third kappa shape index (κ3) is 2.59. The first kappa shape index (κ1) is 14.3. The monoisotopic (exact) mass is 314 g/mol. The number of fused-ring (bicyclic) bond motifs is 3. The molecule has 1 aromatic carbocycles. The predicted octanol–water partition coefficient (Wildman–Crippen LogP) is 3.05. The molecule has 3 fully saturated rings. The molecule has 6 heteroatoms. The lowest BCUT2D eigenvalue weighted by Gasteiger charge is -2.43. The Hall–Kier alpha value is -2.34. The molecular formula is C17H18N2O4. The summed E-state index contributed by atoms with van der Waals surface area (Å²) in [6, 6.07) is 9.24. The van der Waals surface area contributed by atoms with Crippen LogP contribution in [0.3, 0.4) is 0 Å². The summed E-state index contributed by atoms with van der Waals surface area (Å²) in [7, 11) is 1.62. The van der Waals surface area contributed by atoms with Crippen LogP contribution in [-0.2, 0) is 4.84 Å². The Labute approximate surface area is 133 Å². The van der Waals surface area contributed by atoms with E-state index in [0.29, 0.717) is 5.76 Å². The molecule has 5 rings (SSSR count). The van der Waals surface area contributed by atoms with E-state index >= 15 is 0 Å². The molecule has 0 unspecified atom stereocenters. The molecule has 0 radical (unpaired) electrons. The highest BCUT2D eigenvalue weighted by atomic mass is 16.7. The molecule has 2 saturated heterocycles. The fraction of sp³-hybridized carbons (Fsp3) is 0.412. The molecule has 23 heavy (non-hydrogen) atoms. The number of benzene rings is 1. The molecule has 3 aliphatic rings. The maximum absolute atomic E-state index is 12.6. The number of hydroxylamine groups is 2. The maximum Gasteiger partial charge on any atom is 0.299 e. The highest BCUT2D eigenvalue weighted by Crippen LogP contribution is 2.34. The van der Waals surface area contributed by atoms with Crippen molar-refractivity contribution in [2.24, 2.45) is 0 Å². The summed E-state index contributed by atoms with van der Waals surface area (Å²) in [6.07, 6.45) is 4.23. The summed E-state index contributed by atoms with van der Waals surface area (Å²) in [5.41, 5.74) is 1.13. The van der Waals surface area contributed by atoms with Gasteiger partial charge in [0.2, 0.25) is 0 Å². The lowest BCUT2D eigenvalue weighted by atomic mass is 9.91. The first-order valence-electron chi connectivity index (χ1n) is 7.86. The SMILES string of the molecule is COc1ccc(-c2cc(C(=O)N3OC4CCC3CC4)no2)cc1. The minimum atomic E-state index is -0.220. The summed E-state index contributed by atoms with van der Waals surface area (Å²) < 4.78 is 10.5. The lowest BCUT2D eigenvalue weighted by molar-refractivity contribution is -0.242. The summed E-state index contributed by atoms with van der Waals surface area (Å²) in [5.74, 6) is 1.10. The molecule has 0 atom stereocenters. The van der Waals surface area contributed by atoms with Crippen LogP contribution < -0.4 is 4.74 Å². The Morgan fingerprint density at radius 2 is 1.96 bits per heavy atom. The zero-order valence-electron chi connectivity index (χ0n) is 12.9. The Morgan fingerprint density at radius 3 is 2.57 bits per heavy atom. The van der Waals surface area contributed by atoms with Crippen LogP contribution in [0.25, 0.3) is 11.3 Å². The second-order valence-corrected chi connectivity index (χ2v) is 5.97. The van der Waals surface area contributed by atoms with E-state index in [-0.39, 0.29) is 23.7 Å². The van der Waals surface area contributed by atoms with Gasteiger partial charge in [-0.3, -0.25) is 9.63 Å². The van der Waals surface area contributed by atoms with E-state index in [0.717, 1.165) is 37.0 Å². The van der Waals surface area contributed by atoms with Crippen molar-refractivity contribution in [2.75, 3.05) is 7.11 Å². The van der Waals surface area contributed by atoms with Crippen molar-refractivity contribution in [3.05, 3.63) is 36.0 Å². The van der Waals surface area contributed by atoms with Gasteiger partial charge in [0.25, 0.3) is 5.91 Å². The maximum atomic E-state index is 12.6. The Morgan fingerprint density at radius 1 is 1.22 bits per heavy atom. The third-order valence-electron chi connectivity index (χ3n) is 4.54. The zero-order valence-corrected chi connectivity index (χ0v) is 12.9. The van der Waals surface area contributed by atoms with Crippen molar-refractivity contribution in [3.63, 3.8) is 0 Å². The van der Waals surface area contributed by atoms with Gasteiger partial charge < -0.3 is 9.26 Å². The van der Waals surface area contributed by atoms with E-state index in [2.05, 4.69) is 5.16 Å². The second-order valence-electron chi connectivity index (χ2n) is 5.97. The summed E-state index contributed by atoms with van der Waals surface area (Å²) in [6.45, 7) is 0. The molecule has 6 nitrogen and oxygen atoms in total. The predicted molar refractivity (Wildman–Crippen MR) is 81.8 cm³/mol. The summed E-state index contributed by atoms with van der Waals surface area (Å²) >= 11 is 0. The molecule has 2 aromatic rings. The van der Waals surface area contributed by atoms with Gasteiger partial charge in [-0.1, -0.05) is 5.16 Å². The minimum absolute atomic E-state index is 0.161. The van der Waals surface area contributed by atoms with Crippen LogP contribution in [0.15, 0.2) is 34.9 Å². The van der Waals surface area contributed by atoms with Crippen LogP contribution in [-0.4, -0.2) is 35.4 Å². The van der Waals surface area contributed by atoms with Crippen LogP contribution >= 0.6 is 0 Å². The Balaban J connectivity index is 1.54. The topological polar surface area (TPSA) is 64.8 Å². The highest BCUT2D eigenvalue weighted by Gasteiger charge is 2.39. The van der Waals surface area contributed by atoms with Crippen LogP contribution in [0.1, 0.15) is 36.2 Å². The van der Waals surface area contributed by atoms with Gasteiger partial charge in [-0.05, 0) is 49.9 Å². The van der Waals surface area contributed by atoms with Crippen molar-refractivity contribution in [1.29, 1.82) is 0 Å². The molecule has 1 aromatic heterocycles. The van der Waals surface area contributed by atoms with Gasteiger partial charge in [-0.2, -0.15) is 0 Å². The average molecular weight is 314 g/mol. The average Bonchev–Trinajstić information content (AvgIpc) is 3.12. The largest absolute Gasteiger partial charge is 0.497 e. The van der Waals surface area contributed by atoms with Crippen LogP contribution in [0.4, 0.5) is 0 Å². The Bertz CT molecular complexity index is 702. The van der Waals surface area contributed by atoms with E-state index in [1.165, 1.54) is 5.06 Å². The van der Waals surface area contributed by atoms with Crippen molar-refractivity contribution < 1.29 is 18.9 Å². The van der Waals surface area contributed by atoms with Crippen LogP contribution in [0, 0.1) is 0 Å². The normalized spacial score (nSPS) is 23.1. The van der Waals surface area contributed by atoms with E-state index in [9.17, 15) is 4.79 Å². The lowest BCUT2D eigenvalue weighted by Crippen LogP contribution is -2.51. The molecule has 1 aliphatic carbocycles. The number of amides is 1. The molecule has 0 spiro atoms. The smallest absolute Gasteiger partial charge is 0.299 e. The quantitative estimate of drug-likeness (QED) is 0.871. The molecule has 1 amide bonds. The fourth-order valence-electron chi connectivity index (χ4n) is 3.23. The van der Waals surface area contributed by atoms with Crippen LogP contribution in [0.5, 0.6) is 5.75 Å². The van der Waals surface area contributed by atoms with E-state index in [1.54, 1.807) is 13.2 Å². The number of rotatable bonds is 3. The van der Waals surface area contributed by atoms with Crippen molar-refractivity contribution in [3.8, 4) is 17.1 Å². The standard InChI is InChI=1S/C17H18N2O4/c1-21-13-6-2-11(3-7-13)16-10-15(18-22-16)17(20)19-12-4-8-14(23-19)9-5-12/h2-3,6-7,10,12,14H,4-5,8-9H2,1H3. The molecule has 2 aliphatic heterocycles. The summed E-state index contributed by atoms with van der Waals surface area (Å²) in [5, 5.41) is 5.41. The number of methoxy groups -OCH3 is 1. The van der Waals surface area contributed by atoms with Crippen molar-refractivity contribution in [2.45, 2.75) is 37.8 Å². The molecule has 3 heterocycles. The van der Waals surface area contributed by atoms with Gasteiger partial charge in [-0.25, -0.2) is 5.06 Å². The van der Waals surface area contributed by atoms with Crippen LogP contribution in [0.2, 0.25) is 0 Å². The van der Waals surface area contributed by atoms with Gasteiger partial charge in [-0.15, -0.1) is 0 Å². The first-order chi connectivity index (χ1) is 11.2. The minimum Gasteiger partial charge on any atom is -0.497 e. The van der Waals surface area contributed by atoms with E-state index in [4.69, 9.17) is 14.1 Å².